The van der Waals surface area contributed by atoms with Crippen LogP contribution in [0.1, 0.15) is 17.0 Å². The molecule has 1 fully saturated rings. The summed E-state index contributed by atoms with van der Waals surface area (Å²) in [4.78, 5) is 13.5. The number of aromatic nitrogens is 2. The zero-order valence-electron chi connectivity index (χ0n) is 13.8. The van der Waals surface area contributed by atoms with Gasteiger partial charge in [0.1, 0.15) is 5.82 Å². The Balaban J connectivity index is 1.72. The Hall–Kier alpha value is -1.98. The summed E-state index contributed by atoms with van der Waals surface area (Å²) in [6, 6.07) is 10.4. The van der Waals surface area contributed by atoms with E-state index < -0.39 is 0 Å². The number of benzene rings is 1. The molecule has 122 valence electrons. The van der Waals surface area contributed by atoms with Crippen LogP contribution in [-0.4, -0.2) is 52.3 Å². The van der Waals surface area contributed by atoms with Crippen LogP contribution in [0.2, 0.25) is 0 Å². The molecule has 3 rings (SSSR count). The summed E-state index contributed by atoms with van der Waals surface area (Å²) in [6.45, 7) is 7.83. The second-order valence-corrected chi connectivity index (χ2v) is 6.24. The van der Waals surface area contributed by atoms with E-state index in [1.807, 2.05) is 19.9 Å². The van der Waals surface area contributed by atoms with Crippen molar-refractivity contribution >= 4 is 5.82 Å². The molecule has 2 aromatic rings. The summed E-state index contributed by atoms with van der Waals surface area (Å²) in [6.07, 6.45) is 1.40. The van der Waals surface area contributed by atoms with E-state index in [9.17, 15) is 5.11 Å². The van der Waals surface area contributed by atoms with Gasteiger partial charge in [-0.3, -0.25) is 9.88 Å². The van der Waals surface area contributed by atoms with Crippen LogP contribution in [0.4, 0.5) is 5.82 Å². The van der Waals surface area contributed by atoms with Crippen LogP contribution in [0.25, 0.3) is 0 Å². The molecule has 23 heavy (non-hydrogen) atoms. The van der Waals surface area contributed by atoms with Crippen molar-refractivity contribution in [1.29, 1.82) is 0 Å². The van der Waals surface area contributed by atoms with E-state index in [0.717, 1.165) is 36.8 Å². The predicted molar refractivity (Wildman–Crippen MR) is 91.4 cm³/mol. The fraction of sp³-hybridized carbons (Fsp3) is 0.444. The smallest absolute Gasteiger partial charge is 0.150 e. The Morgan fingerprint density at radius 2 is 1.91 bits per heavy atom. The number of hydrogen-bond acceptors (Lipinski definition) is 5. The zero-order chi connectivity index (χ0) is 16.2. The van der Waals surface area contributed by atoms with Crippen molar-refractivity contribution in [1.82, 2.24) is 14.9 Å². The Bertz CT molecular complexity index is 647. The van der Waals surface area contributed by atoms with Crippen LogP contribution < -0.4 is 4.90 Å². The molecule has 0 spiro atoms. The maximum atomic E-state index is 10.4. The first-order valence-electron chi connectivity index (χ1n) is 8.11. The number of anilines is 1. The molecule has 1 aliphatic heterocycles. The molecule has 0 radical (unpaired) electrons. The van der Waals surface area contributed by atoms with Crippen molar-refractivity contribution in [2.24, 2.45) is 0 Å². The van der Waals surface area contributed by atoms with Gasteiger partial charge in [0.2, 0.25) is 0 Å². The van der Waals surface area contributed by atoms with Gasteiger partial charge < -0.3 is 10.0 Å². The summed E-state index contributed by atoms with van der Waals surface area (Å²) in [5, 5.41) is 10.4. The SMILES string of the molecule is Cc1cnc(C)c(N2CCN(Cc3ccccc3)CC(O)C2)n1. The van der Waals surface area contributed by atoms with E-state index in [2.05, 4.69) is 44.0 Å². The molecule has 2 heterocycles. The van der Waals surface area contributed by atoms with Crippen molar-refractivity contribution in [3.05, 3.63) is 53.5 Å². The number of aliphatic hydroxyl groups excluding tert-OH is 1. The number of β-amino-alcohol motifs (C(OH)–C–C–N with tert-alkyl or cyclic N) is 1. The number of aliphatic hydroxyl groups is 1. The maximum absolute atomic E-state index is 10.4. The van der Waals surface area contributed by atoms with Crippen LogP contribution in [-0.2, 0) is 6.54 Å². The van der Waals surface area contributed by atoms with E-state index in [4.69, 9.17) is 0 Å². The molecule has 1 aromatic heterocycles. The van der Waals surface area contributed by atoms with Gasteiger partial charge in [0.15, 0.2) is 0 Å². The summed E-state index contributed by atoms with van der Waals surface area (Å²) < 4.78 is 0. The summed E-state index contributed by atoms with van der Waals surface area (Å²) >= 11 is 0. The van der Waals surface area contributed by atoms with Gasteiger partial charge >= 0.3 is 0 Å². The minimum atomic E-state index is -0.386. The molecule has 1 atom stereocenters. The lowest BCUT2D eigenvalue weighted by atomic mass is 10.2. The Morgan fingerprint density at radius 1 is 1.13 bits per heavy atom. The molecule has 1 N–H and O–H groups in total. The zero-order valence-corrected chi connectivity index (χ0v) is 13.8. The first-order valence-corrected chi connectivity index (χ1v) is 8.11. The highest BCUT2D eigenvalue weighted by Crippen LogP contribution is 2.18. The lowest BCUT2D eigenvalue weighted by Crippen LogP contribution is -2.34. The maximum Gasteiger partial charge on any atom is 0.150 e. The van der Waals surface area contributed by atoms with Gasteiger partial charge in [-0.15, -0.1) is 0 Å². The lowest BCUT2D eigenvalue weighted by Gasteiger charge is -2.24. The lowest BCUT2D eigenvalue weighted by molar-refractivity contribution is 0.129. The molecular formula is C18H24N4O. The molecule has 0 bridgehead atoms. The van der Waals surface area contributed by atoms with Crippen LogP contribution in [0.3, 0.4) is 0 Å². The van der Waals surface area contributed by atoms with Gasteiger partial charge in [0, 0.05) is 38.9 Å². The molecule has 5 heteroatoms. The van der Waals surface area contributed by atoms with E-state index in [1.165, 1.54) is 5.56 Å². The average Bonchev–Trinajstić information content (AvgIpc) is 2.72. The first kappa shape index (κ1) is 15.9. The first-order chi connectivity index (χ1) is 11.1. The summed E-state index contributed by atoms with van der Waals surface area (Å²) in [5.74, 6) is 0.894. The standard InChI is InChI=1S/C18H24N4O/c1-14-10-19-15(2)18(20-14)22-9-8-21(12-17(23)13-22)11-16-6-4-3-5-7-16/h3-7,10,17,23H,8-9,11-13H2,1-2H3. The van der Waals surface area contributed by atoms with Crippen LogP contribution in [0.15, 0.2) is 36.5 Å². The minimum Gasteiger partial charge on any atom is -0.390 e. The van der Waals surface area contributed by atoms with E-state index in [-0.39, 0.29) is 6.10 Å². The summed E-state index contributed by atoms with van der Waals surface area (Å²) in [5.41, 5.74) is 3.10. The minimum absolute atomic E-state index is 0.386. The Labute approximate surface area is 137 Å². The number of rotatable bonds is 3. The van der Waals surface area contributed by atoms with Gasteiger partial charge in [-0.2, -0.15) is 0 Å². The number of aryl methyl sites for hydroxylation is 2. The second kappa shape index (κ2) is 7.06. The third-order valence-corrected chi connectivity index (χ3v) is 4.19. The fourth-order valence-corrected chi connectivity index (χ4v) is 3.06. The summed E-state index contributed by atoms with van der Waals surface area (Å²) in [7, 11) is 0. The number of nitrogens with zero attached hydrogens (tertiary/aromatic N) is 4. The van der Waals surface area contributed by atoms with Crippen molar-refractivity contribution in [2.45, 2.75) is 26.5 Å². The average molecular weight is 312 g/mol. The quantitative estimate of drug-likeness (QED) is 0.936. The highest BCUT2D eigenvalue weighted by atomic mass is 16.3. The molecule has 0 aliphatic carbocycles. The molecule has 1 saturated heterocycles. The molecule has 0 amide bonds. The van der Waals surface area contributed by atoms with Gasteiger partial charge in [0.05, 0.1) is 17.5 Å². The van der Waals surface area contributed by atoms with Gasteiger partial charge in [-0.25, -0.2) is 4.98 Å². The molecular weight excluding hydrogens is 288 g/mol. The molecule has 1 aliphatic rings. The fourth-order valence-electron chi connectivity index (χ4n) is 3.06. The van der Waals surface area contributed by atoms with Crippen molar-refractivity contribution in [3.8, 4) is 0 Å². The van der Waals surface area contributed by atoms with Crippen molar-refractivity contribution in [2.75, 3.05) is 31.1 Å². The molecule has 5 nitrogen and oxygen atoms in total. The number of hydrogen-bond donors (Lipinski definition) is 1. The second-order valence-electron chi connectivity index (χ2n) is 6.24. The van der Waals surface area contributed by atoms with E-state index >= 15 is 0 Å². The predicted octanol–water partition coefficient (Wildman–Crippen LogP) is 1.78. The van der Waals surface area contributed by atoms with Gasteiger partial charge in [-0.1, -0.05) is 30.3 Å². The highest BCUT2D eigenvalue weighted by molar-refractivity contribution is 5.43. The van der Waals surface area contributed by atoms with E-state index in [1.54, 1.807) is 6.20 Å². The monoisotopic (exact) mass is 312 g/mol. The topological polar surface area (TPSA) is 52.5 Å². The van der Waals surface area contributed by atoms with Gasteiger partial charge in [0.25, 0.3) is 0 Å². The van der Waals surface area contributed by atoms with Crippen molar-refractivity contribution < 1.29 is 5.11 Å². The van der Waals surface area contributed by atoms with Crippen molar-refractivity contribution in [3.63, 3.8) is 0 Å². The Kier molecular flexibility index (Phi) is 4.88. The molecule has 1 unspecified atom stereocenters. The van der Waals surface area contributed by atoms with E-state index in [0.29, 0.717) is 13.1 Å². The largest absolute Gasteiger partial charge is 0.390 e. The molecule has 0 saturated carbocycles. The Morgan fingerprint density at radius 3 is 2.70 bits per heavy atom. The third-order valence-electron chi connectivity index (χ3n) is 4.19. The molecule has 1 aromatic carbocycles. The highest BCUT2D eigenvalue weighted by Gasteiger charge is 2.23. The van der Waals surface area contributed by atoms with Crippen LogP contribution in [0, 0.1) is 13.8 Å². The van der Waals surface area contributed by atoms with Gasteiger partial charge in [-0.05, 0) is 19.4 Å². The normalized spacial score (nSPS) is 19.6. The third kappa shape index (κ3) is 4.06. The van der Waals surface area contributed by atoms with Crippen LogP contribution in [0.5, 0.6) is 0 Å². The van der Waals surface area contributed by atoms with Crippen LogP contribution >= 0.6 is 0 Å².